The minimum Gasteiger partial charge on any atom is -0.480 e. The van der Waals surface area contributed by atoms with E-state index < -0.39 is 29.1 Å². The maximum Gasteiger partial charge on any atom is 0.408 e. The van der Waals surface area contributed by atoms with E-state index in [9.17, 15) is 14.7 Å². The van der Waals surface area contributed by atoms with Crippen LogP contribution in [0.3, 0.4) is 0 Å². The molecule has 5 nitrogen and oxygen atoms in total. The molecule has 0 radical (unpaired) electrons. The van der Waals surface area contributed by atoms with Crippen LogP contribution in [0.4, 0.5) is 4.79 Å². The highest BCUT2D eigenvalue weighted by Gasteiger charge is 2.72. The molecule has 3 fully saturated rings. The van der Waals surface area contributed by atoms with Crippen LogP contribution in [0.1, 0.15) is 45.6 Å². The Kier molecular flexibility index (Phi) is 4.24. The highest BCUT2D eigenvalue weighted by Crippen LogP contribution is 2.75. The fourth-order valence-corrected chi connectivity index (χ4v) is 4.77. The van der Waals surface area contributed by atoms with Crippen molar-refractivity contribution in [1.29, 1.82) is 0 Å². The summed E-state index contributed by atoms with van der Waals surface area (Å²) in [6.07, 6.45) is 1.35. The Morgan fingerprint density at radius 1 is 1.16 bits per heavy atom. The third kappa shape index (κ3) is 3.32. The summed E-state index contributed by atoms with van der Waals surface area (Å²) in [6, 6.07) is 4.48. The molecule has 3 aliphatic carbocycles. The molecule has 136 valence electrons. The molecule has 0 aromatic heterocycles. The minimum absolute atomic E-state index is 0.0855. The first kappa shape index (κ1) is 18.3. The molecule has 4 rings (SSSR count). The lowest BCUT2D eigenvalue weighted by molar-refractivity contribution is -0.183. The number of carbonyl (C=O) groups is 2. The van der Waals surface area contributed by atoms with E-state index in [1.807, 2.05) is 12.1 Å². The van der Waals surface area contributed by atoms with Gasteiger partial charge < -0.3 is 15.2 Å². The van der Waals surface area contributed by atoms with E-state index in [1.54, 1.807) is 26.8 Å². The molecule has 25 heavy (non-hydrogen) atoms. The van der Waals surface area contributed by atoms with Gasteiger partial charge in [0.15, 0.2) is 0 Å². The van der Waals surface area contributed by atoms with Crippen LogP contribution in [-0.2, 0) is 14.9 Å². The molecule has 0 aliphatic heterocycles. The van der Waals surface area contributed by atoms with Crippen molar-refractivity contribution in [2.75, 3.05) is 0 Å². The molecular formula is C18H21Cl2NO4. The second-order valence-electron chi connectivity index (χ2n) is 8.25. The Balaban J connectivity index is 1.71. The standard InChI is InChI=1S/C18H21Cl2NO4/c1-16(2,3)25-15(24)21-13(14(22)23)18-7-17(8-18,9-18)10-4-11(19)6-12(20)5-10/h4-6,13H,7-9H2,1-3H3,(H,21,24)(H,22,23). The number of amides is 1. The first-order chi connectivity index (χ1) is 11.4. The summed E-state index contributed by atoms with van der Waals surface area (Å²) >= 11 is 12.2. The zero-order valence-corrected chi connectivity index (χ0v) is 15.9. The number of benzene rings is 1. The number of aliphatic carboxylic acids is 1. The van der Waals surface area contributed by atoms with E-state index in [4.69, 9.17) is 27.9 Å². The van der Waals surface area contributed by atoms with Gasteiger partial charge >= 0.3 is 12.1 Å². The summed E-state index contributed by atoms with van der Waals surface area (Å²) in [5, 5.41) is 13.3. The summed E-state index contributed by atoms with van der Waals surface area (Å²) in [5.41, 5.74) is -0.158. The number of nitrogens with one attached hydrogen (secondary N) is 1. The lowest BCUT2D eigenvalue weighted by atomic mass is 9.31. The number of rotatable bonds is 4. The van der Waals surface area contributed by atoms with Gasteiger partial charge in [-0.15, -0.1) is 0 Å². The predicted octanol–water partition coefficient (Wildman–Crippen LogP) is 4.39. The highest BCUT2D eigenvalue weighted by molar-refractivity contribution is 6.34. The van der Waals surface area contributed by atoms with Gasteiger partial charge in [0.2, 0.25) is 0 Å². The maximum absolute atomic E-state index is 12.0. The van der Waals surface area contributed by atoms with Crippen molar-refractivity contribution in [2.24, 2.45) is 5.41 Å². The van der Waals surface area contributed by atoms with Crippen LogP contribution in [0.25, 0.3) is 0 Å². The number of ether oxygens (including phenoxy) is 1. The normalized spacial score (nSPS) is 28.4. The van der Waals surface area contributed by atoms with Gasteiger partial charge in [-0.1, -0.05) is 23.2 Å². The van der Waals surface area contributed by atoms with E-state index in [2.05, 4.69) is 5.32 Å². The molecule has 2 bridgehead atoms. The van der Waals surface area contributed by atoms with E-state index in [0.717, 1.165) is 5.56 Å². The summed E-state index contributed by atoms with van der Waals surface area (Å²) in [4.78, 5) is 23.7. The van der Waals surface area contributed by atoms with Crippen molar-refractivity contribution in [2.45, 2.75) is 57.1 Å². The van der Waals surface area contributed by atoms with Crippen LogP contribution in [0.15, 0.2) is 18.2 Å². The van der Waals surface area contributed by atoms with Crippen molar-refractivity contribution in [3.8, 4) is 0 Å². The molecule has 0 saturated heterocycles. The van der Waals surface area contributed by atoms with Gasteiger partial charge in [0.1, 0.15) is 11.6 Å². The third-order valence-electron chi connectivity index (χ3n) is 5.07. The molecule has 0 heterocycles. The van der Waals surface area contributed by atoms with Gasteiger partial charge in [-0.05, 0) is 69.2 Å². The number of halogens is 2. The number of carboxylic acid groups (broad SMARTS) is 1. The molecule has 7 heteroatoms. The molecule has 2 N–H and O–H groups in total. The largest absolute Gasteiger partial charge is 0.480 e. The quantitative estimate of drug-likeness (QED) is 0.805. The Bertz CT molecular complexity index is 701. The Labute approximate surface area is 156 Å². The van der Waals surface area contributed by atoms with Crippen molar-refractivity contribution >= 4 is 35.3 Å². The van der Waals surface area contributed by atoms with Crippen LogP contribution >= 0.6 is 23.2 Å². The lowest BCUT2D eigenvalue weighted by Gasteiger charge is -2.72. The summed E-state index contributed by atoms with van der Waals surface area (Å²) in [7, 11) is 0. The highest BCUT2D eigenvalue weighted by atomic mass is 35.5. The van der Waals surface area contributed by atoms with Crippen LogP contribution in [0, 0.1) is 5.41 Å². The predicted molar refractivity (Wildman–Crippen MR) is 95.2 cm³/mol. The molecule has 1 aromatic rings. The first-order valence-corrected chi connectivity index (χ1v) is 8.89. The van der Waals surface area contributed by atoms with Crippen LogP contribution in [0.2, 0.25) is 10.0 Å². The number of hydrogen-bond acceptors (Lipinski definition) is 3. The fraction of sp³-hybridized carbons (Fsp3) is 0.556. The van der Waals surface area contributed by atoms with Gasteiger partial charge in [-0.3, -0.25) is 0 Å². The summed E-state index contributed by atoms with van der Waals surface area (Å²) in [5.74, 6) is -1.04. The average molecular weight is 386 g/mol. The molecule has 1 atom stereocenters. The van der Waals surface area contributed by atoms with Crippen LogP contribution in [-0.4, -0.2) is 28.8 Å². The molecule has 0 spiro atoms. The molecule has 3 saturated carbocycles. The van der Waals surface area contributed by atoms with Crippen molar-refractivity contribution in [3.63, 3.8) is 0 Å². The summed E-state index contributed by atoms with van der Waals surface area (Å²) < 4.78 is 5.19. The van der Waals surface area contributed by atoms with Gasteiger partial charge in [-0.25, -0.2) is 9.59 Å². The molecule has 1 amide bonds. The molecular weight excluding hydrogens is 365 g/mol. The number of carboxylic acids is 1. The van der Waals surface area contributed by atoms with Crippen LogP contribution < -0.4 is 5.32 Å². The van der Waals surface area contributed by atoms with Crippen molar-refractivity contribution in [1.82, 2.24) is 5.32 Å². The monoisotopic (exact) mass is 385 g/mol. The zero-order chi connectivity index (χ0) is 18.6. The molecule has 1 unspecified atom stereocenters. The molecule has 3 aliphatic rings. The van der Waals surface area contributed by atoms with Crippen LogP contribution in [0.5, 0.6) is 0 Å². The zero-order valence-electron chi connectivity index (χ0n) is 14.4. The first-order valence-electron chi connectivity index (χ1n) is 8.14. The SMILES string of the molecule is CC(C)(C)OC(=O)NC(C(=O)O)C12CC(c3cc(Cl)cc(Cl)c3)(C1)C2. The second-order valence-corrected chi connectivity index (χ2v) is 9.12. The van der Waals surface area contributed by atoms with Gasteiger partial charge in [0.25, 0.3) is 0 Å². The Hall–Kier alpha value is -1.46. The van der Waals surface area contributed by atoms with E-state index >= 15 is 0 Å². The van der Waals surface area contributed by atoms with Gasteiger partial charge in [0.05, 0.1) is 0 Å². The minimum atomic E-state index is -1.04. The third-order valence-corrected chi connectivity index (χ3v) is 5.50. The van der Waals surface area contributed by atoms with E-state index in [-0.39, 0.29) is 5.41 Å². The second kappa shape index (κ2) is 5.78. The van der Waals surface area contributed by atoms with Gasteiger partial charge in [-0.2, -0.15) is 0 Å². The van der Waals surface area contributed by atoms with Crippen molar-refractivity contribution < 1.29 is 19.4 Å². The number of hydrogen-bond donors (Lipinski definition) is 2. The van der Waals surface area contributed by atoms with Gasteiger partial charge in [0, 0.05) is 15.5 Å². The molecule has 1 aromatic carbocycles. The number of alkyl carbamates (subject to hydrolysis) is 1. The average Bonchev–Trinajstić information content (AvgIpc) is 2.30. The number of carbonyl (C=O) groups excluding carboxylic acids is 1. The van der Waals surface area contributed by atoms with E-state index in [0.29, 0.717) is 29.3 Å². The topological polar surface area (TPSA) is 75.6 Å². The summed E-state index contributed by atoms with van der Waals surface area (Å²) in [6.45, 7) is 5.21. The van der Waals surface area contributed by atoms with Crippen molar-refractivity contribution in [3.05, 3.63) is 33.8 Å². The Morgan fingerprint density at radius 2 is 1.68 bits per heavy atom. The Morgan fingerprint density at radius 3 is 2.12 bits per heavy atom. The van der Waals surface area contributed by atoms with E-state index in [1.165, 1.54) is 0 Å². The fourth-order valence-electron chi connectivity index (χ4n) is 4.24. The lowest BCUT2D eigenvalue weighted by Crippen LogP contribution is -2.73. The smallest absolute Gasteiger partial charge is 0.408 e. The maximum atomic E-state index is 12.0.